The maximum Gasteiger partial charge on any atom is 0.267 e. The number of nitrogens with zero attached hydrogens (tertiary/aromatic N) is 2. The lowest BCUT2D eigenvalue weighted by atomic mass is 10.1. The molecule has 1 heterocycles. The van der Waals surface area contributed by atoms with Gasteiger partial charge < -0.3 is 9.84 Å². The molecule has 0 aliphatic carbocycles. The Balaban J connectivity index is 1.73. The molecule has 0 saturated carbocycles. The summed E-state index contributed by atoms with van der Waals surface area (Å²) in [7, 11) is 0. The van der Waals surface area contributed by atoms with Gasteiger partial charge in [-0.25, -0.2) is 4.99 Å². The number of rotatable bonds is 8. The lowest BCUT2D eigenvalue weighted by Gasteiger charge is -2.15. The van der Waals surface area contributed by atoms with Crippen LogP contribution in [0.1, 0.15) is 23.6 Å². The van der Waals surface area contributed by atoms with E-state index in [9.17, 15) is 9.90 Å². The number of ether oxygens (including phenoxy) is 1. The molecule has 3 aromatic rings. The van der Waals surface area contributed by atoms with Crippen LogP contribution in [-0.4, -0.2) is 27.7 Å². The highest BCUT2D eigenvalue weighted by Gasteiger charge is 2.33. The summed E-state index contributed by atoms with van der Waals surface area (Å²) in [6.07, 6.45) is 4.04. The minimum atomic E-state index is -0.111. The number of benzene rings is 3. The molecule has 34 heavy (non-hydrogen) atoms. The van der Waals surface area contributed by atoms with Crippen molar-refractivity contribution in [1.82, 2.24) is 4.90 Å². The van der Waals surface area contributed by atoms with Crippen LogP contribution in [0.4, 0.5) is 5.69 Å². The van der Waals surface area contributed by atoms with Crippen LogP contribution in [0.25, 0.3) is 6.08 Å². The summed E-state index contributed by atoms with van der Waals surface area (Å²) < 4.78 is 5.62. The average molecular weight is 471 g/mol. The molecule has 1 fully saturated rings. The smallest absolute Gasteiger partial charge is 0.267 e. The number of allylic oxidation sites excluding steroid dienone is 1. The van der Waals surface area contributed by atoms with Crippen LogP contribution in [0.3, 0.4) is 0 Å². The zero-order chi connectivity index (χ0) is 23.9. The van der Waals surface area contributed by atoms with Gasteiger partial charge in [0.1, 0.15) is 0 Å². The standard InChI is InChI=1S/C28H26N2O3S/c1-3-11-22-16-21(17-24(26(22)31)33-4-2)18-25-27(32)30(19-20-12-7-5-8-13-20)28(34-25)29-23-14-9-6-10-15-23/h3,5-10,12-18,31H,1,4,11,19H2,2H3/b25-18-,29-28?. The van der Waals surface area contributed by atoms with E-state index in [1.54, 1.807) is 17.0 Å². The zero-order valence-corrected chi connectivity index (χ0v) is 19.8. The van der Waals surface area contributed by atoms with E-state index in [1.165, 1.54) is 11.8 Å². The second-order valence-electron chi connectivity index (χ2n) is 7.67. The molecular weight excluding hydrogens is 444 g/mol. The molecule has 0 bridgehead atoms. The molecule has 1 amide bonds. The average Bonchev–Trinajstić information content (AvgIpc) is 3.12. The normalized spacial score (nSPS) is 15.8. The number of para-hydroxylation sites is 1. The highest BCUT2D eigenvalue weighted by atomic mass is 32.2. The summed E-state index contributed by atoms with van der Waals surface area (Å²) in [5, 5.41) is 11.1. The number of carbonyl (C=O) groups is 1. The van der Waals surface area contributed by atoms with Crippen LogP contribution in [0.15, 0.2) is 95.3 Å². The van der Waals surface area contributed by atoms with Gasteiger partial charge in [-0.15, -0.1) is 6.58 Å². The molecule has 0 atom stereocenters. The number of aliphatic imine (C=N–C) groups is 1. The lowest BCUT2D eigenvalue weighted by Crippen LogP contribution is -2.28. The highest BCUT2D eigenvalue weighted by Crippen LogP contribution is 2.38. The van der Waals surface area contributed by atoms with Crippen LogP contribution in [0.2, 0.25) is 0 Å². The number of phenolic OH excluding ortho intramolecular Hbond substituents is 1. The van der Waals surface area contributed by atoms with E-state index in [0.717, 1.165) is 16.8 Å². The Bertz CT molecular complexity index is 1240. The molecule has 1 aliphatic rings. The molecule has 0 aromatic heterocycles. The second-order valence-corrected chi connectivity index (χ2v) is 8.68. The van der Waals surface area contributed by atoms with Gasteiger partial charge in [-0.3, -0.25) is 9.69 Å². The molecular formula is C28H26N2O3S. The fourth-order valence-corrected chi connectivity index (χ4v) is 4.61. The zero-order valence-electron chi connectivity index (χ0n) is 19.0. The van der Waals surface area contributed by atoms with Crippen molar-refractivity contribution < 1.29 is 14.6 Å². The summed E-state index contributed by atoms with van der Waals surface area (Å²) in [6.45, 7) is 6.48. The molecule has 172 valence electrons. The molecule has 6 heteroatoms. The Hall–Kier alpha value is -3.77. The maximum absolute atomic E-state index is 13.5. The Morgan fingerprint density at radius 3 is 2.47 bits per heavy atom. The monoisotopic (exact) mass is 470 g/mol. The molecule has 1 N–H and O–H groups in total. The van der Waals surface area contributed by atoms with Crippen molar-refractivity contribution in [3.05, 3.63) is 107 Å². The first-order valence-corrected chi connectivity index (χ1v) is 11.9. The fourth-order valence-electron chi connectivity index (χ4n) is 3.61. The number of aromatic hydroxyl groups is 1. The Morgan fingerprint density at radius 1 is 1.09 bits per heavy atom. The van der Waals surface area contributed by atoms with Crippen LogP contribution < -0.4 is 4.74 Å². The number of hydrogen-bond donors (Lipinski definition) is 1. The van der Waals surface area contributed by atoms with Crippen molar-refractivity contribution >= 4 is 34.6 Å². The van der Waals surface area contributed by atoms with Crippen molar-refractivity contribution in [2.75, 3.05) is 6.61 Å². The molecule has 0 spiro atoms. The molecule has 0 radical (unpaired) electrons. The predicted octanol–water partition coefficient (Wildman–Crippen LogP) is 6.32. The van der Waals surface area contributed by atoms with E-state index in [-0.39, 0.29) is 11.7 Å². The van der Waals surface area contributed by atoms with Crippen molar-refractivity contribution in [1.29, 1.82) is 0 Å². The quantitative estimate of drug-likeness (QED) is 0.309. The molecule has 0 unspecified atom stereocenters. The van der Waals surface area contributed by atoms with Crippen LogP contribution in [0, 0.1) is 0 Å². The van der Waals surface area contributed by atoms with Gasteiger partial charge >= 0.3 is 0 Å². The summed E-state index contributed by atoms with van der Waals surface area (Å²) in [4.78, 5) is 20.5. The van der Waals surface area contributed by atoms with Crippen molar-refractivity contribution in [3.63, 3.8) is 0 Å². The molecule has 4 rings (SSSR count). The van der Waals surface area contributed by atoms with Crippen molar-refractivity contribution in [2.45, 2.75) is 19.9 Å². The van der Waals surface area contributed by atoms with Crippen LogP contribution in [0.5, 0.6) is 11.5 Å². The van der Waals surface area contributed by atoms with E-state index >= 15 is 0 Å². The molecule has 3 aromatic carbocycles. The van der Waals surface area contributed by atoms with Gasteiger partial charge in [0.15, 0.2) is 16.7 Å². The Morgan fingerprint density at radius 2 is 1.79 bits per heavy atom. The number of thioether (sulfide) groups is 1. The summed E-state index contributed by atoms with van der Waals surface area (Å²) in [5.74, 6) is 0.384. The van der Waals surface area contributed by atoms with Gasteiger partial charge in [-0.05, 0) is 66.6 Å². The highest BCUT2D eigenvalue weighted by molar-refractivity contribution is 8.18. The first-order chi connectivity index (χ1) is 16.6. The minimum absolute atomic E-state index is 0.103. The fraction of sp³-hybridized carbons (Fsp3) is 0.143. The van der Waals surface area contributed by atoms with Gasteiger partial charge in [0.25, 0.3) is 5.91 Å². The van der Waals surface area contributed by atoms with Crippen LogP contribution >= 0.6 is 11.8 Å². The third-order valence-corrected chi connectivity index (χ3v) is 6.20. The van der Waals surface area contributed by atoms with E-state index in [4.69, 9.17) is 9.73 Å². The third kappa shape index (κ3) is 5.41. The SMILES string of the molecule is C=CCc1cc(/C=C2\SC(=Nc3ccccc3)N(Cc3ccccc3)C2=O)cc(OCC)c1O. The largest absolute Gasteiger partial charge is 0.504 e. The van der Waals surface area contributed by atoms with Gasteiger partial charge in [0.2, 0.25) is 0 Å². The number of amidine groups is 1. The topological polar surface area (TPSA) is 62.1 Å². The molecule has 1 aliphatic heterocycles. The number of carbonyl (C=O) groups excluding carboxylic acids is 1. The Kier molecular flexibility index (Phi) is 7.50. The maximum atomic E-state index is 13.5. The van der Waals surface area contributed by atoms with Crippen molar-refractivity contribution in [3.8, 4) is 11.5 Å². The van der Waals surface area contributed by atoms with Gasteiger partial charge in [-0.1, -0.05) is 54.6 Å². The third-order valence-electron chi connectivity index (χ3n) is 5.19. The van der Waals surface area contributed by atoms with Gasteiger partial charge in [0.05, 0.1) is 23.7 Å². The summed E-state index contributed by atoms with van der Waals surface area (Å²) in [6, 6.07) is 23.1. The summed E-state index contributed by atoms with van der Waals surface area (Å²) >= 11 is 1.34. The van der Waals surface area contributed by atoms with Gasteiger partial charge in [0, 0.05) is 5.56 Å². The number of phenols is 1. The second kappa shape index (κ2) is 10.9. The predicted molar refractivity (Wildman–Crippen MR) is 139 cm³/mol. The first-order valence-electron chi connectivity index (χ1n) is 11.1. The number of amides is 1. The molecule has 5 nitrogen and oxygen atoms in total. The number of hydrogen-bond acceptors (Lipinski definition) is 5. The lowest BCUT2D eigenvalue weighted by molar-refractivity contribution is -0.122. The van der Waals surface area contributed by atoms with E-state index in [1.807, 2.05) is 79.7 Å². The molecule has 1 saturated heterocycles. The first kappa shape index (κ1) is 23.4. The van der Waals surface area contributed by atoms with Crippen LogP contribution in [-0.2, 0) is 17.8 Å². The summed E-state index contributed by atoms with van der Waals surface area (Å²) in [5.41, 5.74) is 3.28. The van der Waals surface area contributed by atoms with E-state index in [0.29, 0.717) is 41.0 Å². The van der Waals surface area contributed by atoms with Crippen molar-refractivity contribution in [2.24, 2.45) is 4.99 Å². The minimum Gasteiger partial charge on any atom is -0.504 e. The van der Waals surface area contributed by atoms with E-state index < -0.39 is 0 Å². The van der Waals surface area contributed by atoms with Gasteiger partial charge in [-0.2, -0.15) is 0 Å². The Labute approximate surface area is 204 Å². The van der Waals surface area contributed by atoms with E-state index in [2.05, 4.69) is 6.58 Å².